The lowest BCUT2D eigenvalue weighted by atomic mass is 10.1. The summed E-state index contributed by atoms with van der Waals surface area (Å²) in [4.78, 5) is 28.0. The van der Waals surface area contributed by atoms with E-state index in [0.29, 0.717) is 10.1 Å². The number of hydrogen-bond acceptors (Lipinski definition) is 6. The van der Waals surface area contributed by atoms with Crippen molar-refractivity contribution in [3.05, 3.63) is 72.7 Å². The second-order valence-electron chi connectivity index (χ2n) is 5.83. The molecule has 0 aliphatic heterocycles. The van der Waals surface area contributed by atoms with Crippen molar-refractivity contribution in [2.75, 3.05) is 0 Å². The van der Waals surface area contributed by atoms with Crippen LogP contribution >= 0.6 is 22.9 Å². The third-order valence-electron chi connectivity index (χ3n) is 3.68. The van der Waals surface area contributed by atoms with Crippen LogP contribution in [0.1, 0.15) is 32.4 Å². The van der Waals surface area contributed by atoms with Gasteiger partial charge in [0.2, 0.25) is 0 Å². The van der Waals surface area contributed by atoms with Gasteiger partial charge in [-0.15, -0.1) is 11.3 Å². The van der Waals surface area contributed by atoms with Gasteiger partial charge in [0.15, 0.2) is 23.4 Å². The summed E-state index contributed by atoms with van der Waals surface area (Å²) in [6.07, 6.45) is -0.875. The molecule has 0 bridgehead atoms. The highest BCUT2D eigenvalue weighted by atomic mass is 35.5. The molecule has 0 atom stereocenters. The number of nitriles is 1. The molecule has 0 amide bonds. The third kappa shape index (κ3) is 4.98. The Morgan fingerprint density at radius 2 is 2.13 bits per heavy atom. The van der Waals surface area contributed by atoms with Crippen LogP contribution in [0, 0.1) is 29.0 Å². The third-order valence-corrected chi connectivity index (χ3v) is 5.08. The van der Waals surface area contributed by atoms with Crippen LogP contribution in [0.15, 0.2) is 33.7 Å². The van der Waals surface area contributed by atoms with E-state index in [1.807, 2.05) is 0 Å². The summed E-state index contributed by atoms with van der Waals surface area (Å²) in [5, 5.41) is 8.67. The molecular weight excluding hydrogens is 443 g/mol. The highest BCUT2D eigenvalue weighted by Gasteiger charge is 2.16. The fraction of sp³-hybridized carbons (Fsp3) is 0.158. The van der Waals surface area contributed by atoms with Gasteiger partial charge in [0.25, 0.3) is 12.0 Å². The first-order chi connectivity index (χ1) is 14.3. The van der Waals surface area contributed by atoms with Crippen molar-refractivity contribution in [1.29, 1.82) is 5.26 Å². The van der Waals surface area contributed by atoms with Crippen molar-refractivity contribution < 1.29 is 22.4 Å². The van der Waals surface area contributed by atoms with E-state index in [0.717, 1.165) is 23.6 Å². The molecule has 0 radical (unpaired) electrons. The average molecular weight is 452 g/mol. The molecule has 3 aromatic rings. The number of aromatic nitrogens is 2. The molecule has 11 heteroatoms. The smallest absolute Gasteiger partial charge is 0.301 e. The SMILES string of the molecule is N#Cc1ncc(C#Cc2cc(C(=O)Cc3cc(F)c(=O)n(CC(F)F)c3)sc2Cl)o1. The molecular formula is C19H9ClF3N3O3S. The number of hydrogen-bond donors (Lipinski definition) is 0. The van der Waals surface area contributed by atoms with E-state index >= 15 is 0 Å². The van der Waals surface area contributed by atoms with Crippen LogP contribution in [-0.2, 0) is 13.0 Å². The monoisotopic (exact) mass is 451 g/mol. The van der Waals surface area contributed by atoms with E-state index in [4.69, 9.17) is 21.3 Å². The lowest BCUT2D eigenvalue weighted by molar-refractivity contribution is 0.0996. The van der Waals surface area contributed by atoms with E-state index in [1.165, 1.54) is 12.3 Å². The molecule has 0 fully saturated rings. The van der Waals surface area contributed by atoms with Crippen molar-refractivity contribution in [3.63, 3.8) is 0 Å². The minimum Gasteiger partial charge on any atom is -0.420 e. The molecule has 0 unspecified atom stereocenters. The van der Waals surface area contributed by atoms with Crippen LogP contribution in [0.2, 0.25) is 4.34 Å². The van der Waals surface area contributed by atoms with Gasteiger partial charge in [-0.25, -0.2) is 18.2 Å². The van der Waals surface area contributed by atoms with E-state index in [1.54, 1.807) is 6.07 Å². The highest BCUT2D eigenvalue weighted by Crippen LogP contribution is 2.28. The van der Waals surface area contributed by atoms with Crippen molar-refractivity contribution in [3.8, 4) is 17.9 Å². The molecule has 0 saturated carbocycles. The zero-order valence-corrected chi connectivity index (χ0v) is 16.4. The van der Waals surface area contributed by atoms with Crippen LogP contribution in [0.4, 0.5) is 13.2 Å². The van der Waals surface area contributed by atoms with Gasteiger partial charge in [-0.05, 0) is 23.6 Å². The molecule has 0 saturated heterocycles. The number of nitrogens with zero attached hydrogens (tertiary/aromatic N) is 3. The Kier molecular flexibility index (Phi) is 6.40. The second-order valence-corrected chi connectivity index (χ2v) is 7.49. The summed E-state index contributed by atoms with van der Waals surface area (Å²) in [5.41, 5.74) is -0.787. The predicted molar refractivity (Wildman–Crippen MR) is 101 cm³/mol. The molecule has 6 nitrogen and oxygen atoms in total. The van der Waals surface area contributed by atoms with E-state index in [9.17, 15) is 22.8 Å². The van der Waals surface area contributed by atoms with Crippen LogP contribution in [0.5, 0.6) is 0 Å². The lowest BCUT2D eigenvalue weighted by Gasteiger charge is -2.08. The summed E-state index contributed by atoms with van der Waals surface area (Å²) < 4.78 is 44.6. The van der Waals surface area contributed by atoms with Crippen LogP contribution < -0.4 is 5.56 Å². The van der Waals surface area contributed by atoms with Crippen molar-refractivity contribution >= 4 is 28.7 Å². The largest absolute Gasteiger partial charge is 0.420 e. The molecule has 0 aliphatic carbocycles. The van der Waals surface area contributed by atoms with Gasteiger partial charge in [-0.2, -0.15) is 5.26 Å². The van der Waals surface area contributed by atoms with Gasteiger partial charge in [0, 0.05) is 12.6 Å². The van der Waals surface area contributed by atoms with Crippen molar-refractivity contribution in [1.82, 2.24) is 9.55 Å². The fourth-order valence-electron chi connectivity index (χ4n) is 2.42. The number of ketones is 1. The molecule has 0 aliphatic rings. The minimum atomic E-state index is -2.85. The van der Waals surface area contributed by atoms with E-state index < -0.39 is 30.1 Å². The van der Waals surface area contributed by atoms with Gasteiger partial charge in [-0.3, -0.25) is 9.59 Å². The Hall–Kier alpha value is -3.34. The Bertz CT molecular complexity index is 1280. The molecule has 3 rings (SSSR count). The summed E-state index contributed by atoms with van der Waals surface area (Å²) in [5.74, 6) is 3.63. The van der Waals surface area contributed by atoms with Crippen LogP contribution in [0.25, 0.3) is 0 Å². The van der Waals surface area contributed by atoms with Crippen LogP contribution in [0.3, 0.4) is 0 Å². The van der Waals surface area contributed by atoms with Gasteiger partial charge in [0.05, 0.1) is 23.2 Å². The summed E-state index contributed by atoms with van der Waals surface area (Å²) in [6, 6.07) is 3.99. The summed E-state index contributed by atoms with van der Waals surface area (Å²) in [7, 11) is 0. The normalized spacial score (nSPS) is 10.5. The average Bonchev–Trinajstić information content (AvgIpc) is 3.30. The maximum atomic E-state index is 13.7. The predicted octanol–water partition coefficient (Wildman–Crippen LogP) is 3.65. The van der Waals surface area contributed by atoms with Gasteiger partial charge in [0.1, 0.15) is 4.34 Å². The Morgan fingerprint density at radius 3 is 2.80 bits per heavy atom. The summed E-state index contributed by atoms with van der Waals surface area (Å²) in [6.45, 7) is -0.975. The van der Waals surface area contributed by atoms with Crippen molar-refractivity contribution in [2.24, 2.45) is 0 Å². The number of pyridine rings is 1. The highest BCUT2D eigenvalue weighted by molar-refractivity contribution is 7.18. The maximum absolute atomic E-state index is 13.7. The number of oxazole rings is 1. The Morgan fingerprint density at radius 1 is 1.37 bits per heavy atom. The molecule has 3 aromatic heterocycles. The second kappa shape index (κ2) is 8.99. The number of thiophene rings is 1. The minimum absolute atomic E-state index is 0.0700. The molecule has 152 valence electrons. The van der Waals surface area contributed by atoms with Gasteiger partial charge in [-0.1, -0.05) is 17.5 Å². The number of rotatable bonds is 5. The Balaban J connectivity index is 1.80. The Labute approximate surface area is 176 Å². The van der Waals surface area contributed by atoms with E-state index in [-0.39, 0.29) is 32.8 Å². The zero-order valence-electron chi connectivity index (χ0n) is 14.8. The first kappa shape index (κ1) is 21.4. The molecule has 0 N–H and O–H groups in total. The number of alkyl halides is 2. The first-order valence-electron chi connectivity index (χ1n) is 8.14. The molecule has 3 heterocycles. The number of carbonyl (C=O) groups excluding carboxylic acids is 1. The molecule has 30 heavy (non-hydrogen) atoms. The standard InChI is InChI=1S/C19H9ClF3N3O3S/c20-18-11(1-2-12-7-25-17(6-24)29-12)5-15(30-18)14(27)4-10-3-13(21)19(28)26(8-10)9-16(22)23/h3,5,7-8,16H,4,9H2. The van der Waals surface area contributed by atoms with Gasteiger partial charge >= 0.3 is 5.89 Å². The quantitative estimate of drug-likeness (QED) is 0.436. The molecule has 0 aromatic carbocycles. The first-order valence-corrected chi connectivity index (χ1v) is 9.33. The number of carbonyl (C=O) groups is 1. The number of Topliss-reactive ketones (excluding diaryl/α,β-unsaturated/α-hetero) is 1. The van der Waals surface area contributed by atoms with E-state index in [2.05, 4.69) is 16.8 Å². The topological polar surface area (TPSA) is 88.9 Å². The number of halogens is 4. The fourth-order valence-corrected chi connectivity index (χ4v) is 3.54. The van der Waals surface area contributed by atoms with Gasteiger partial charge < -0.3 is 8.98 Å². The summed E-state index contributed by atoms with van der Waals surface area (Å²) >= 11 is 7.04. The lowest BCUT2D eigenvalue weighted by Crippen LogP contribution is -2.26. The van der Waals surface area contributed by atoms with Crippen LogP contribution in [-0.4, -0.2) is 21.8 Å². The maximum Gasteiger partial charge on any atom is 0.301 e. The zero-order chi connectivity index (χ0) is 21.8. The molecule has 0 spiro atoms. The van der Waals surface area contributed by atoms with Crippen molar-refractivity contribution in [2.45, 2.75) is 19.4 Å².